The summed E-state index contributed by atoms with van der Waals surface area (Å²) in [5.74, 6) is 0.227. The number of benzene rings is 2. The molecule has 0 bridgehead atoms. The molecule has 2 aromatic carbocycles. The van der Waals surface area contributed by atoms with Crippen LogP contribution in [0.1, 0.15) is 37.0 Å². The summed E-state index contributed by atoms with van der Waals surface area (Å²) in [6, 6.07) is 14.5. The molecule has 2 aromatic rings. The van der Waals surface area contributed by atoms with E-state index < -0.39 is 16.1 Å². The lowest BCUT2D eigenvalue weighted by atomic mass is 9.97. The quantitative estimate of drug-likeness (QED) is 0.707. The highest BCUT2D eigenvalue weighted by atomic mass is 32.2. The Bertz CT molecular complexity index is 1150. The molecule has 1 saturated heterocycles. The van der Waals surface area contributed by atoms with Crippen LogP contribution in [-0.4, -0.2) is 62.2 Å². The lowest BCUT2D eigenvalue weighted by Gasteiger charge is -2.37. The van der Waals surface area contributed by atoms with Crippen molar-refractivity contribution in [3.05, 3.63) is 65.2 Å². The molecule has 1 fully saturated rings. The van der Waals surface area contributed by atoms with Crippen LogP contribution < -0.4 is 4.72 Å². The lowest BCUT2D eigenvalue weighted by Crippen LogP contribution is -2.52. The molecule has 7 nitrogen and oxygen atoms in total. The average Bonchev–Trinajstić information content (AvgIpc) is 3.08. The second-order valence-electron chi connectivity index (χ2n) is 8.94. The minimum Gasteiger partial charge on any atom is -0.338 e. The molecule has 2 atom stereocenters. The number of sulfonamides is 1. The summed E-state index contributed by atoms with van der Waals surface area (Å²) < 4.78 is 27.5. The van der Waals surface area contributed by atoms with Crippen molar-refractivity contribution in [3.63, 3.8) is 0 Å². The zero-order valence-electron chi connectivity index (χ0n) is 19.5. The number of piperazine rings is 1. The molecule has 8 heteroatoms. The van der Waals surface area contributed by atoms with Gasteiger partial charge >= 0.3 is 0 Å². The van der Waals surface area contributed by atoms with Gasteiger partial charge in [-0.3, -0.25) is 19.4 Å². The number of fused-ring (bicyclic) bond motifs is 1. The van der Waals surface area contributed by atoms with Crippen LogP contribution in [0.5, 0.6) is 0 Å². The number of aliphatic imine (C=N–C) groups is 1. The number of hydrogen-bond acceptors (Lipinski definition) is 5. The van der Waals surface area contributed by atoms with E-state index in [0.29, 0.717) is 18.7 Å². The summed E-state index contributed by atoms with van der Waals surface area (Å²) in [4.78, 5) is 22.6. The molecular formula is C25H32N4O3S. The van der Waals surface area contributed by atoms with Gasteiger partial charge in [0.05, 0.1) is 4.90 Å². The van der Waals surface area contributed by atoms with Gasteiger partial charge in [-0.1, -0.05) is 56.7 Å². The summed E-state index contributed by atoms with van der Waals surface area (Å²) in [6.07, 6.45) is 0.773. The first kappa shape index (κ1) is 23.4. The van der Waals surface area contributed by atoms with Crippen molar-refractivity contribution in [3.8, 4) is 0 Å². The summed E-state index contributed by atoms with van der Waals surface area (Å²) in [7, 11) is -3.64. The van der Waals surface area contributed by atoms with Crippen LogP contribution in [0, 0.1) is 12.8 Å². The normalized spacial score (nSPS) is 20.8. The van der Waals surface area contributed by atoms with E-state index in [-0.39, 0.29) is 22.6 Å². The highest BCUT2D eigenvalue weighted by Gasteiger charge is 2.35. The maximum absolute atomic E-state index is 13.5. The van der Waals surface area contributed by atoms with Crippen molar-refractivity contribution in [2.45, 2.75) is 44.7 Å². The number of amidine groups is 1. The second-order valence-corrected chi connectivity index (χ2v) is 10.6. The molecule has 2 heterocycles. The number of nitrogens with one attached hydrogen (secondary N) is 1. The third-order valence-electron chi connectivity index (χ3n) is 6.71. The Morgan fingerprint density at radius 2 is 1.73 bits per heavy atom. The number of hydrogen-bond donors (Lipinski definition) is 1. The van der Waals surface area contributed by atoms with Crippen LogP contribution in [0.2, 0.25) is 0 Å². The summed E-state index contributed by atoms with van der Waals surface area (Å²) in [5, 5.41) is 0. The van der Waals surface area contributed by atoms with Crippen LogP contribution in [0.25, 0.3) is 0 Å². The molecule has 1 N–H and O–H groups in total. The first-order chi connectivity index (χ1) is 15.8. The predicted octanol–water partition coefficient (Wildman–Crippen LogP) is 2.79. The van der Waals surface area contributed by atoms with Gasteiger partial charge in [0.15, 0.2) is 0 Å². The van der Waals surface area contributed by atoms with E-state index in [1.54, 1.807) is 24.3 Å². The van der Waals surface area contributed by atoms with Gasteiger partial charge in [0.1, 0.15) is 11.9 Å². The van der Waals surface area contributed by atoms with Crippen LogP contribution in [0.4, 0.5) is 0 Å². The molecule has 176 valence electrons. The zero-order valence-corrected chi connectivity index (χ0v) is 20.3. The number of carbonyl (C=O) groups is 1. The first-order valence-corrected chi connectivity index (χ1v) is 13.0. The van der Waals surface area contributed by atoms with E-state index in [1.165, 1.54) is 11.1 Å². The topological polar surface area (TPSA) is 82.1 Å². The number of nitrogens with zero attached hydrogens (tertiary/aromatic N) is 3. The predicted molar refractivity (Wildman–Crippen MR) is 130 cm³/mol. The molecule has 1 amide bonds. The molecule has 0 radical (unpaired) electrons. The Morgan fingerprint density at radius 3 is 2.42 bits per heavy atom. The number of aryl methyl sites for hydroxylation is 1. The Labute approximate surface area is 196 Å². The second kappa shape index (κ2) is 9.65. The maximum Gasteiger partial charge on any atom is 0.263 e. The van der Waals surface area contributed by atoms with Gasteiger partial charge in [-0.25, -0.2) is 8.42 Å². The van der Waals surface area contributed by atoms with Gasteiger partial charge in [-0.15, -0.1) is 0 Å². The highest BCUT2D eigenvalue weighted by molar-refractivity contribution is 7.90. The molecule has 2 aliphatic rings. The molecular weight excluding hydrogens is 436 g/mol. The van der Waals surface area contributed by atoms with E-state index >= 15 is 0 Å². The fourth-order valence-corrected chi connectivity index (χ4v) is 5.60. The molecule has 0 aliphatic carbocycles. The van der Waals surface area contributed by atoms with Gasteiger partial charge in [-0.05, 0) is 36.1 Å². The fourth-order valence-electron chi connectivity index (χ4n) is 4.36. The maximum atomic E-state index is 13.5. The molecule has 33 heavy (non-hydrogen) atoms. The number of rotatable bonds is 6. The van der Waals surface area contributed by atoms with E-state index in [0.717, 1.165) is 26.1 Å². The number of carbonyl (C=O) groups excluding carboxylic acids is 1. The summed E-state index contributed by atoms with van der Waals surface area (Å²) in [5.41, 5.74) is 3.12. The number of amides is 1. The van der Waals surface area contributed by atoms with Crippen molar-refractivity contribution >= 4 is 21.8 Å². The average molecular weight is 469 g/mol. The standard InChI is InChI=1S/C25H32N4O3S/c1-4-18(2)23(26-24-21-11-7-8-12-22(21)33(31,32)27-24)25(30)29-15-13-28(14-16-29)17-20-10-6-5-9-19(20)3/h5-12,18,23H,4,13-17H2,1-3H3,(H,26,27)/t18-,23-/m0/s1. The van der Waals surface area contributed by atoms with Crippen molar-refractivity contribution in [1.82, 2.24) is 14.5 Å². The monoisotopic (exact) mass is 468 g/mol. The van der Waals surface area contributed by atoms with Crippen molar-refractivity contribution in [2.75, 3.05) is 26.2 Å². The van der Waals surface area contributed by atoms with Crippen LogP contribution >= 0.6 is 0 Å². The van der Waals surface area contributed by atoms with Gasteiger partial charge < -0.3 is 4.90 Å². The third-order valence-corrected chi connectivity index (χ3v) is 8.10. The van der Waals surface area contributed by atoms with Gasteiger partial charge in [0.25, 0.3) is 10.0 Å². The Kier molecular flexibility index (Phi) is 6.86. The van der Waals surface area contributed by atoms with Gasteiger partial charge in [-0.2, -0.15) is 0 Å². The van der Waals surface area contributed by atoms with Gasteiger partial charge in [0, 0.05) is 38.3 Å². The van der Waals surface area contributed by atoms with Crippen LogP contribution in [0.3, 0.4) is 0 Å². The minimum atomic E-state index is -3.64. The van der Waals surface area contributed by atoms with E-state index in [4.69, 9.17) is 0 Å². The SMILES string of the molecule is CC[C@H](C)[C@H](N=C1NS(=O)(=O)c2ccccc21)C(=O)N1CCN(Cc2ccccc2C)CC1. The Hall–Kier alpha value is -2.71. The molecule has 0 unspecified atom stereocenters. The largest absolute Gasteiger partial charge is 0.338 e. The molecule has 0 saturated carbocycles. The molecule has 4 rings (SSSR count). The van der Waals surface area contributed by atoms with Crippen molar-refractivity contribution in [2.24, 2.45) is 10.9 Å². The first-order valence-electron chi connectivity index (χ1n) is 11.6. The fraction of sp³-hybridized carbons (Fsp3) is 0.440. The van der Waals surface area contributed by atoms with Gasteiger partial charge in [0.2, 0.25) is 5.91 Å². The Balaban J connectivity index is 1.49. The van der Waals surface area contributed by atoms with E-state index in [1.807, 2.05) is 18.7 Å². The van der Waals surface area contributed by atoms with Crippen LogP contribution in [-0.2, 0) is 21.4 Å². The zero-order chi connectivity index (χ0) is 23.6. The smallest absolute Gasteiger partial charge is 0.263 e. The molecule has 2 aliphatic heterocycles. The van der Waals surface area contributed by atoms with Crippen molar-refractivity contribution in [1.29, 1.82) is 0 Å². The van der Waals surface area contributed by atoms with E-state index in [9.17, 15) is 13.2 Å². The third kappa shape index (κ3) is 4.96. The van der Waals surface area contributed by atoms with E-state index in [2.05, 4.69) is 45.8 Å². The van der Waals surface area contributed by atoms with Crippen LogP contribution in [0.15, 0.2) is 58.4 Å². The molecule has 0 spiro atoms. The Morgan fingerprint density at radius 1 is 1.06 bits per heavy atom. The minimum absolute atomic E-state index is 0.00716. The molecule has 0 aromatic heterocycles. The summed E-state index contributed by atoms with van der Waals surface area (Å²) in [6.45, 7) is 9.92. The van der Waals surface area contributed by atoms with Crippen molar-refractivity contribution < 1.29 is 13.2 Å². The lowest BCUT2D eigenvalue weighted by molar-refractivity contribution is -0.135. The summed E-state index contributed by atoms with van der Waals surface area (Å²) >= 11 is 0. The highest BCUT2D eigenvalue weighted by Crippen LogP contribution is 2.25.